The van der Waals surface area contributed by atoms with Gasteiger partial charge >= 0.3 is 0 Å². The van der Waals surface area contributed by atoms with Gasteiger partial charge in [-0.1, -0.05) is 110 Å². The molecule has 0 aliphatic rings. The molecule has 108 valence electrons. The van der Waals surface area contributed by atoms with Crippen LogP contribution in [0.15, 0.2) is 30.3 Å². The molecule has 0 spiro atoms. The zero-order valence-corrected chi connectivity index (χ0v) is 13.9. The lowest BCUT2D eigenvalue weighted by molar-refractivity contribution is 0.772. The molecule has 18 heavy (non-hydrogen) atoms. The summed E-state index contributed by atoms with van der Waals surface area (Å²) >= 11 is 0. The lowest BCUT2D eigenvalue weighted by atomic mass is 10.2. The van der Waals surface area contributed by atoms with Crippen molar-refractivity contribution in [2.24, 2.45) is 0 Å². The molecule has 0 nitrogen and oxygen atoms in total. The fraction of sp³-hybridized carbons (Fsp3) is 0.667. The summed E-state index contributed by atoms with van der Waals surface area (Å²) in [4.78, 5) is 0. The Kier molecular flexibility index (Phi) is 31.3. The molecule has 0 radical (unpaired) electrons. The first kappa shape index (κ1) is 22.4. The number of aryl methyl sites for hydroxylation is 1. The standard InChI is InChI=1S/C7H8.C5H12.C4H10.C2H6/c1-7-5-3-2-4-6-7;1-3-5-4-2;1-3-4-2;1-2/h2-6H,1H3;3-5H2,1-2H3;3-4H2,1-2H3;1-2H3. The molecule has 0 aliphatic heterocycles. The van der Waals surface area contributed by atoms with Crippen LogP contribution in [0.1, 0.15) is 79.2 Å². The van der Waals surface area contributed by atoms with Crippen molar-refractivity contribution in [1.82, 2.24) is 0 Å². The molecule has 0 bridgehead atoms. The topological polar surface area (TPSA) is 0 Å². The van der Waals surface area contributed by atoms with Gasteiger partial charge < -0.3 is 0 Å². The van der Waals surface area contributed by atoms with Crippen LogP contribution in [0.5, 0.6) is 0 Å². The molecule has 0 saturated carbocycles. The van der Waals surface area contributed by atoms with Gasteiger partial charge in [-0.3, -0.25) is 0 Å². The highest BCUT2D eigenvalue weighted by Crippen LogP contribution is 1.92. The zero-order chi connectivity index (χ0) is 14.6. The van der Waals surface area contributed by atoms with Gasteiger partial charge in [0.1, 0.15) is 0 Å². The number of hydrogen-bond donors (Lipinski definition) is 0. The first-order chi connectivity index (χ1) is 8.72. The van der Waals surface area contributed by atoms with Crippen molar-refractivity contribution in [1.29, 1.82) is 0 Å². The Hall–Kier alpha value is -0.780. The number of benzene rings is 1. The van der Waals surface area contributed by atoms with E-state index in [0.29, 0.717) is 0 Å². The maximum Gasteiger partial charge on any atom is -0.0398 e. The number of unbranched alkanes of at least 4 members (excludes halogenated alkanes) is 3. The second-order valence-electron chi connectivity index (χ2n) is 4.01. The van der Waals surface area contributed by atoms with E-state index in [2.05, 4.69) is 46.8 Å². The summed E-state index contributed by atoms with van der Waals surface area (Å²) in [5, 5.41) is 0. The normalized spacial score (nSPS) is 7.72. The van der Waals surface area contributed by atoms with Crippen LogP contribution in [0, 0.1) is 6.92 Å². The minimum absolute atomic E-state index is 1.32. The van der Waals surface area contributed by atoms with Gasteiger partial charge in [0.2, 0.25) is 0 Å². The summed E-state index contributed by atoms with van der Waals surface area (Å²) in [6.07, 6.45) is 6.72. The third kappa shape index (κ3) is 29.5. The van der Waals surface area contributed by atoms with Crippen molar-refractivity contribution in [3.8, 4) is 0 Å². The summed E-state index contributed by atoms with van der Waals surface area (Å²) in [6, 6.07) is 10.3. The molecule has 0 amide bonds. The molecule has 0 fully saturated rings. The number of rotatable bonds is 3. The smallest absolute Gasteiger partial charge is 0.0398 e. The predicted octanol–water partition coefficient (Wildman–Crippen LogP) is 7.02. The van der Waals surface area contributed by atoms with Crippen molar-refractivity contribution in [2.75, 3.05) is 0 Å². The average molecular weight is 252 g/mol. The predicted molar refractivity (Wildman–Crippen MR) is 88.3 cm³/mol. The fourth-order valence-corrected chi connectivity index (χ4v) is 0.888. The first-order valence-electron chi connectivity index (χ1n) is 7.74. The van der Waals surface area contributed by atoms with Gasteiger partial charge in [-0.15, -0.1) is 0 Å². The Morgan fingerprint density at radius 2 is 1.06 bits per heavy atom. The maximum atomic E-state index is 2.21. The van der Waals surface area contributed by atoms with E-state index in [1.165, 1.54) is 37.7 Å². The number of hydrogen-bond acceptors (Lipinski definition) is 0. The average Bonchev–Trinajstić information content (AvgIpc) is 2.44. The van der Waals surface area contributed by atoms with E-state index in [4.69, 9.17) is 0 Å². The molecule has 1 aromatic carbocycles. The summed E-state index contributed by atoms with van der Waals surface area (Å²) in [7, 11) is 0. The molecule has 0 heteroatoms. The summed E-state index contributed by atoms with van der Waals surface area (Å²) in [5.74, 6) is 0. The van der Waals surface area contributed by atoms with Crippen LogP contribution in [0.25, 0.3) is 0 Å². The monoisotopic (exact) mass is 252 g/mol. The van der Waals surface area contributed by atoms with Crippen LogP contribution in [-0.4, -0.2) is 0 Å². The van der Waals surface area contributed by atoms with Crippen LogP contribution in [-0.2, 0) is 0 Å². The molecule has 0 unspecified atom stereocenters. The van der Waals surface area contributed by atoms with Crippen LogP contribution in [0.4, 0.5) is 0 Å². The third-order valence-electron chi connectivity index (χ3n) is 2.15. The highest BCUT2D eigenvalue weighted by atomic mass is 13.8. The van der Waals surface area contributed by atoms with Gasteiger partial charge in [0.05, 0.1) is 0 Å². The quantitative estimate of drug-likeness (QED) is 0.542. The Balaban J connectivity index is -0.000000183. The van der Waals surface area contributed by atoms with Gasteiger partial charge in [0.25, 0.3) is 0 Å². The van der Waals surface area contributed by atoms with Crippen molar-refractivity contribution >= 4 is 0 Å². The van der Waals surface area contributed by atoms with E-state index in [9.17, 15) is 0 Å². The largest absolute Gasteiger partial charge is 0.0683 e. The molecule has 1 rings (SSSR count). The molecular weight excluding hydrogens is 216 g/mol. The lowest BCUT2D eigenvalue weighted by Crippen LogP contribution is -1.62. The van der Waals surface area contributed by atoms with Crippen LogP contribution < -0.4 is 0 Å². The third-order valence-corrected chi connectivity index (χ3v) is 2.15. The molecule has 0 atom stereocenters. The van der Waals surface area contributed by atoms with Crippen molar-refractivity contribution in [3.05, 3.63) is 35.9 Å². The molecule has 0 aromatic heterocycles. The molecular formula is C18H36. The van der Waals surface area contributed by atoms with E-state index in [0.717, 1.165) is 0 Å². The molecule has 1 aromatic rings. The molecule has 0 aliphatic carbocycles. The molecule has 0 N–H and O–H groups in total. The van der Waals surface area contributed by atoms with Crippen LogP contribution in [0.3, 0.4) is 0 Å². The van der Waals surface area contributed by atoms with E-state index >= 15 is 0 Å². The van der Waals surface area contributed by atoms with Crippen molar-refractivity contribution < 1.29 is 0 Å². The summed E-state index contributed by atoms with van der Waals surface area (Å²) in [6.45, 7) is 14.9. The van der Waals surface area contributed by atoms with Gasteiger partial charge in [-0.05, 0) is 6.92 Å². The second kappa shape index (κ2) is 25.2. The Labute approximate surface area is 117 Å². The SMILES string of the molecule is CC.CCCC.CCCCC.Cc1ccccc1. The molecule has 0 heterocycles. The van der Waals surface area contributed by atoms with E-state index in [1.807, 2.05) is 32.0 Å². The van der Waals surface area contributed by atoms with Gasteiger partial charge in [0.15, 0.2) is 0 Å². The van der Waals surface area contributed by atoms with E-state index in [1.54, 1.807) is 0 Å². The van der Waals surface area contributed by atoms with Crippen molar-refractivity contribution in [2.45, 2.75) is 80.6 Å². The summed E-state index contributed by atoms with van der Waals surface area (Å²) in [5.41, 5.74) is 1.32. The highest BCUT2D eigenvalue weighted by Gasteiger charge is 1.72. The van der Waals surface area contributed by atoms with E-state index in [-0.39, 0.29) is 0 Å². The maximum absolute atomic E-state index is 2.21. The lowest BCUT2D eigenvalue weighted by Gasteiger charge is -1.82. The van der Waals surface area contributed by atoms with E-state index < -0.39 is 0 Å². The minimum Gasteiger partial charge on any atom is -0.0683 e. The van der Waals surface area contributed by atoms with Gasteiger partial charge in [-0.25, -0.2) is 0 Å². The zero-order valence-electron chi connectivity index (χ0n) is 13.9. The van der Waals surface area contributed by atoms with Gasteiger partial charge in [-0.2, -0.15) is 0 Å². The second-order valence-corrected chi connectivity index (χ2v) is 4.01. The Morgan fingerprint density at radius 1 is 0.667 bits per heavy atom. The van der Waals surface area contributed by atoms with Crippen LogP contribution >= 0.6 is 0 Å². The summed E-state index contributed by atoms with van der Waals surface area (Å²) < 4.78 is 0. The van der Waals surface area contributed by atoms with Crippen LogP contribution in [0.2, 0.25) is 0 Å². The minimum atomic E-state index is 1.32. The van der Waals surface area contributed by atoms with Gasteiger partial charge in [0, 0.05) is 0 Å². The Morgan fingerprint density at radius 3 is 1.17 bits per heavy atom. The highest BCUT2D eigenvalue weighted by molar-refractivity contribution is 5.11. The first-order valence-corrected chi connectivity index (χ1v) is 7.74. The van der Waals surface area contributed by atoms with Crippen molar-refractivity contribution in [3.63, 3.8) is 0 Å². The Bertz CT molecular complexity index is 184. The fourth-order valence-electron chi connectivity index (χ4n) is 0.888. The molecule has 0 saturated heterocycles.